The number of hydrogen-bond acceptors (Lipinski definition) is 4. The molecule has 4 heteroatoms. The molecule has 0 aliphatic carbocycles. The number of hydrogen-bond donors (Lipinski definition) is 2. The van der Waals surface area contributed by atoms with Crippen LogP contribution in [0.15, 0.2) is 18.3 Å². The molecule has 2 heterocycles. The molecule has 0 amide bonds. The molecule has 3 N–H and O–H groups in total. The first-order valence-electron chi connectivity index (χ1n) is 6.49. The average Bonchev–Trinajstić information content (AvgIpc) is 2.40. The van der Waals surface area contributed by atoms with Gasteiger partial charge in [0.1, 0.15) is 5.82 Å². The van der Waals surface area contributed by atoms with Crippen LogP contribution in [0.2, 0.25) is 0 Å². The van der Waals surface area contributed by atoms with Gasteiger partial charge in [-0.1, -0.05) is 19.4 Å². The molecule has 1 fully saturated rings. The summed E-state index contributed by atoms with van der Waals surface area (Å²) < 4.78 is 0. The molecule has 1 aromatic rings. The average molecular weight is 234 g/mol. The van der Waals surface area contributed by atoms with Crippen LogP contribution in [0.3, 0.4) is 0 Å². The first-order chi connectivity index (χ1) is 8.35. The van der Waals surface area contributed by atoms with Gasteiger partial charge in [0.15, 0.2) is 0 Å². The predicted octanol–water partition coefficient (Wildman–Crippen LogP) is 2.13. The van der Waals surface area contributed by atoms with Gasteiger partial charge >= 0.3 is 0 Å². The maximum Gasteiger partial charge on any atom is 0.144 e. The second kappa shape index (κ2) is 5.98. The molecular formula is C13H22N4. The molecule has 0 aromatic carbocycles. The molecule has 1 atom stereocenters. The van der Waals surface area contributed by atoms with Crippen molar-refractivity contribution in [1.82, 2.24) is 9.88 Å². The van der Waals surface area contributed by atoms with Crippen molar-refractivity contribution >= 4 is 5.82 Å². The van der Waals surface area contributed by atoms with Crippen LogP contribution in [-0.4, -0.2) is 22.5 Å². The largest absolute Gasteiger partial charge is 0.308 e. The monoisotopic (exact) mass is 234 g/mol. The molecule has 0 radical (unpaired) electrons. The van der Waals surface area contributed by atoms with Gasteiger partial charge in [-0.2, -0.15) is 0 Å². The highest BCUT2D eigenvalue weighted by molar-refractivity contribution is 5.42. The maximum absolute atomic E-state index is 5.49. The maximum atomic E-state index is 5.49. The summed E-state index contributed by atoms with van der Waals surface area (Å²) in [5.41, 5.74) is 3.87. The number of likely N-dealkylation sites (tertiary alicyclic amines) is 1. The fourth-order valence-electron chi connectivity index (χ4n) is 2.65. The summed E-state index contributed by atoms with van der Waals surface area (Å²) in [5.74, 6) is 6.29. The van der Waals surface area contributed by atoms with Gasteiger partial charge in [-0.05, 0) is 31.9 Å². The number of hydrazine groups is 1. The van der Waals surface area contributed by atoms with E-state index in [0.717, 1.165) is 18.4 Å². The second-order valence-electron chi connectivity index (χ2n) is 4.68. The van der Waals surface area contributed by atoms with Gasteiger partial charge in [-0.3, -0.25) is 4.90 Å². The molecule has 0 bridgehead atoms. The van der Waals surface area contributed by atoms with Crippen LogP contribution >= 0.6 is 0 Å². The summed E-state index contributed by atoms with van der Waals surface area (Å²) in [4.78, 5) is 6.81. The first kappa shape index (κ1) is 12.3. The molecular weight excluding hydrogens is 212 g/mol. The highest BCUT2D eigenvalue weighted by atomic mass is 15.3. The van der Waals surface area contributed by atoms with Crippen molar-refractivity contribution < 1.29 is 0 Å². The highest BCUT2D eigenvalue weighted by Gasteiger charge is 2.21. The Morgan fingerprint density at radius 2 is 2.41 bits per heavy atom. The van der Waals surface area contributed by atoms with E-state index in [9.17, 15) is 0 Å². The number of nitrogens with two attached hydrogens (primary N) is 1. The number of piperidine rings is 1. The van der Waals surface area contributed by atoms with Crippen molar-refractivity contribution in [3.05, 3.63) is 23.9 Å². The molecule has 2 rings (SSSR count). The van der Waals surface area contributed by atoms with Gasteiger partial charge in [-0.25, -0.2) is 10.8 Å². The van der Waals surface area contributed by atoms with E-state index < -0.39 is 0 Å². The zero-order valence-corrected chi connectivity index (χ0v) is 10.5. The SMILES string of the molecule is CCC1CCCCN1Cc1cccnc1NN. The van der Waals surface area contributed by atoms with Gasteiger partial charge in [0.2, 0.25) is 0 Å². The van der Waals surface area contributed by atoms with Crippen LogP contribution in [0.5, 0.6) is 0 Å². The molecule has 1 aliphatic heterocycles. The molecule has 0 spiro atoms. The van der Waals surface area contributed by atoms with Crippen molar-refractivity contribution in [3.8, 4) is 0 Å². The molecule has 0 saturated carbocycles. The normalized spacial score (nSPS) is 21.4. The van der Waals surface area contributed by atoms with Crippen LogP contribution in [0.25, 0.3) is 0 Å². The van der Waals surface area contributed by atoms with Gasteiger partial charge in [0.05, 0.1) is 0 Å². The lowest BCUT2D eigenvalue weighted by molar-refractivity contribution is 0.136. The van der Waals surface area contributed by atoms with Crippen molar-refractivity contribution in [3.63, 3.8) is 0 Å². The summed E-state index contributed by atoms with van der Waals surface area (Å²) in [5, 5.41) is 0. The van der Waals surface area contributed by atoms with Crippen LogP contribution < -0.4 is 11.3 Å². The topological polar surface area (TPSA) is 54.2 Å². The van der Waals surface area contributed by atoms with E-state index in [1.807, 2.05) is 6.07 Å². The highest BCUT2D eigenvalue weighted by Crippen LogP contribution is 2.23. The number of aromatic nitrogens is 1. The smallest absolute Gasteiger partial charge is 0.144 e. The molecule has 1 unspecified atom stereocenters. The first-order valence-corrected chi connectivity index (χ1v) is 6.49. The molecule has 4 nitrogen and oxygen atoms in total. The zero-order valence-electron chi connectivity index (χ0n) is 10.5. The van der Waals surface area contributed by atoms with E-state index in [2.05, 4.69) is 28.3 Å². The summed E-state index contributed by atoms with van der Waals surface area (Å²) in [7, 11) is 0. The molecule has 1 aromatic heterocycles. The van der Waals surface area contributed by atoms with Crippen molar-refractivity contribution in [2.45, 2.75) is 45.2 Å². The Kier molecular flexibility index (Phi) is 4.34. The number of nitrogens with one attached hydrogen (secondary N) is 1. The Bertz CT molecular complexity index is 353. The molecule has 1 aliphatic rings. The van der Waals surface area contributed by atoms with Crippen LogP contribution in [0, 0.1) is 0 Å². The third kappa shape index (κ3) is 2.96. The van der Waals surface area contributed by atoms with Crippen LogP contribution in [0.1, 0.15) is 38.2 Å². The van der Waals surface area contributed by atoms with Crippen molar-refractivity contribution in [2.24, 2.45) is 5.84 Å². The minimum atomic E-state index is 0.717. The fourth-order valence-corrected chi connectivity index (χ4v) is 2.65. The summed E-state index contributed by atoms with van der Waals surface area (Å²) in [6.07, 6.45) is 6.99. The quantitative estimate of drug-likeness (QED) is 0.619. The summed E-state index contributed by atoms with van der Waals surface area (Å²) in [6, 6.07) is 4.79. The third-order valence-electron chi connectivity index (χ3n) is 3.62. The summed E-state index contributed by atoms with van der Waals surface area (Å²) >= 11 is 0. The van der Waals surface area contributed by atoms with E-state index in [4.69, 9.17) is 5.84 Å². The molecule has 1 saturated heterocycles. The van der Waals surface area contributed by atoms with E-state index in [-0.39, 0.29) is 0 Å². The van der Waals surface area contributed by atoms with E-state index >= 15 is 0 Å². The number of pyridine rings is 1. The molecule has 94 valence electrons. The second-order valence-corrected chi connectivity index (χ2v) is 4.68. The van der Waals surface area contributed by atoms with Crippen molar-refractivity contribution in [2.75, 3.05) is 12.0 Å². The molecule has 17 heavy (non-hydrogen) atoms. The van der Waals surface area contributed by atoms with Crippen LogP contribution in [-0.2, 0) is 6.54 Å². The standard InChI is InChI=1S/C13H22N4/c1-2-12-7-3-4-9-17(12)10-11-6-5-8-15-13(11)16-14/h5-6,8,12H,2-4,7,9-10,14H2,1H3,(H,15,16). The predicted molar refractivity (Wildman–Crippen MR) is 70.4 cm³/mol. The fraction of sp³-hybridized carbons (Fsp3) is 0.615. The summed E-state index contributed by atoms with van der Waals surface area (Å²) in [6.45, 7) is 4.41. The number of nitrogens with zero attached hydrogens (tertiary/aromatic N) is 2. The zero-order chi connectivity index (χ0) is 12.1. The van der Waals surface area contributed by atoms with Crippen molar-refractivity contribution in [1.29, 1.82) is 0 Å². The minimum absolute atomic E-state index is 0.717. The Labute approximate surface area is 103 Å². The van der Waals surface area contributed by atoms with Crippen LogP contribution in [0.4, 0.5) is 5.82 Å². The lowest BCUT2D eigenvalue weighted by atomic mass is 9.99. The Morgan fingerprint density at radius 3 is 3.18 bits per heavy atom. The Hall–Kier alpha value is -1.13. The number of rotatable bonds is 4. The lowest BCUT2D eigenvalue weighted by Gasteiger charge is -2.35. The van der Waals surface area contributed by atoms with E-state index in [0.29, 0.717) is 0 Å². The van der Waals surface area contributed by atoms with Gasteiger partial charge in [-0.15, -0.1) is 0 Å². The number of nitrogen functional groups attached to an aromatic ring is 1. The third-order valence-corrected chi connectivity index (χ3v) is 3.62. The van der Waals surface area contributed by atoms with E-state index in [1.54, 1.807) is 6.20 Å². The van der Waals surface area contributed by atoms with Gasteiger partial charge < -0.3 is 5.43 Å². The Balaban J connectivity index is 2.08. The van der Waals surface area contributed by atoms with Gasteiger partial charge in [0, 0.05) is 24.3 Å². The minimum Gasteiger partial charge on any atom is -0.308 e. The number of anilines is 1. The van der Waals surface area contributed by atoms with E-state index in [1.165, 1.54) is 37.8 Å². The Morgan fingerprint density at radius 1 is 1.53 bits per heavy atom. The van der Waals surface area contributed by atoms with Gasteiger partial charge in [0.25, 0.3) is 0 Å². The lowest BCUT2D eigenvalue weighted by Crippen LogP contribution is -2.38.